The van der Waals surface area contributed by atoms with Crippen molar-refractivity contribution in [2.75, 3.05) is 0 Å². The molecule has 0 saturated heterocycles. The highest BCUT2D eigenvalue weighted by Crippen LogP contribution is 2.19. The molecular formula is C12H18N4O2. The summed E-state index contributed by atoms with van der Waals surface area (Å²) in [6, 6.07) is 0. The molecule has 0 amide bonds. The highest BCUT2D eigenvalue weighted by atomic mass is 16.3. The highest BCUT2D eigenvalue weighted by Gasteiger charge is 2.24. The number of hydrogen-bond donors (Lipinski definition) is 1. The highest BCUT2D eigenvalue weighted by molar-refractivity contribution is 5.76. The summed E-state index contributed by atoms with van der Waals surface area (Å²) in [6.45, 7) is 4.17. The Balaban J connectivity index is 2.53. The summed E-state index contributed by atoms with van der Waals surface area (Å²) in [5.41, 5.74) is -0.528. The number of rotatable bonds is 4. The predicted molar refractivity (Wildman–Crippen MR) is 68.3 cm³/mol. The van der Waals surface area contributed by atoms with Gasteiger partial charge in [0.25, 0.3) is 5.56 Å². The minimum atomic E-state index is -0.826. The number of hydrogen-bond acceptors (Lipinski definition) is 4. The first-order chi connectivity index (χ1) is 8.50. The monoisotopic (exact) mass is 250 g/mol. The van der Waals surface area contributed by atoms with E-state index in [9.17, 15) is 9.90 Å². The summed E-state index contributed by atoms with van der Waals surface area (Å²) in [5.74, 6) is 0. The van der Waals surface area contributed by atoms with Crippen molar-refractivity contribution >= 4 is 10.9 Å². The summed E-state index contributed by atoms with van der Waals surface area (Å²) in [5, 5.41) is 19.2. The Hall–Kier alpha value is -1.69. The molecule has 18 heavy (non-hydrogen) atoms. The summed E-state index contributed by atoms with van der Waals surface area (Å²) >= 11 is 0. The van der Waals surface area contributed by atoms with Crippen molar-refractivity contribution in [1.82, 2.24) is 19.6 Å². The molecule has 0 saturated carbocycles. The van der Waals surface area contributed by atoms with E-state index in [2.05, 4.69) is 10.2 Å². The fraction of sp³-hybridized carbons (Fsp3) is 0.583. The van der Waals surface area contributed by atoms with Crippen LogP contribution < -0.4 is 5.56 Å². The largest absolute Gasteiger partial charge is 0.388 e. The van der Waals surface area contributed by atoms with Crippen molar-refractivity contribution in [2.45, 2.75) is 38.8 Å². The van der Waals surface area contributed by atoms with Crippen LogP contribution in [0.5, 0.6) is 0 Å². The second-order valence-corrected chi connectivity index (χ2v) is 4.61. The second-order valence-electron chi connectivity index (χ2n) is 4.61. The van der Waals surface area contributed by atoms with Crippen LogP contribution >= 0.6 is 0 Å². The molecule has 0 aliphatic rings. The maximum absolute atomic E-state index is 12.0. The third-order valence-corrected chi connectivity index (χ3v) is 3.49. The van der Waals surface area contributed by atoms with Crippen LogP contribution in [-0.4, -0.2) is 30.3 Å². The van der Waals surface area contributed by atoms with Gasteiger partial charge in [0.15, 0.2) is 0 Å². The van der Waals surface area contributed by atoms with Crippen molar-refractivity contribution in [2.24, 2.45) is 7.05 Å². The van der Waals surface area contributed by atoms with Crippen molar-refractivity contribution in [3.8, 4) is 0 Å². The number of aliphatic hydroxyl groups is 1. The van der Waals surface area contributed by atoms with Crippen LogP contribution in [0.15, 0.2) is 17.2 Å². The Kier molecular flexibility index (Phi) is 3.21. The fourth-order valence-corrected chi connectivity index (χ4v) is 1.95. The first kappa shape index (κ1) is 12.8. The van der Waals surface area contributed by atoms with E-state index in [4.69, 9.17) is 0 Å². The average molecular weight is 250 g/mol. The van der Waals surface area contributed by atoms with E-state index < -0.39 is 5.60 Å². The van der Waals surface area contributed by atoms with Crippen molar-refractivity contribution < 1.29 is 5.11 Å². The number of nitrogens with zero attached hydrogens (tertiary/aromatic N) is 4. The lowest BCUT2D eigenvalue weighted by Gasteiger charge is -2.25. The minimum absolute atomic E-state index is 0.195. The van der Waals surface area contributed by atoms with Crippen molar-refractivity contribution in [3.63, 3.8) is 0 Å². The SMILES string of the molecule is CCC(O)(CC)Cn1ncc2cnn(C)c(=O)c21. The van der Waals surface area contributed by atoms with Gasteiger partial charge in [-0.1, -0.05) is 13.8 Å². The molecule has 0 fully saturated rings. The molecule has 0 atom stereocenters. The Bertz CT molecular complexity index is 610. The summed E-state index contributed by atoms with van der Waals surface area (Å²) in [4.78, 5) is 12.0. The van der Waals surface area contributed by atoms with Crippen molar-refractivity contribution in [3.05, 3.63) is 22.7 Å². The van der Waals surface area contributed by atoms with Crippen molar-refractivity contribution in [1.29, 1.82) is 0 Å². The smallest absolute Gasteiger partial charge is 0.292 e. The van der Waals surface area contributed by atoms with Crippen LogP contribution in [-0.2, 0) is 13.6 Å². The summed E-state index contributed by atoms with van der Waals surface area (Å²) in [7, 11) is 1.60. The molecule has 2 rings (SSSR count). The first-order valence-corrected chi connectivity index (χ1v) is 6.11. The van der Waals surface area contributed by atoms with Gasteiger partial charge in [-0.2, -0.15) is 10.2 Å². The van der Waals surface area contributed by atoms with Crippen LogP contribution in [0.25, 0.3) is 10.9 Å². The lowest BCUT2D eigenvalue weighted by atomic mass is 9.98. The zero-order chi connectivity index (χ0) is 13.3. The molecule has 0 aliphatic heterocycles. The van der Waals surface area contributed by atoms with E-state index in [1.807, 2.05) is 13.8 Å². The molecule has 2 heterocycles. The Labute approximate surface area is 105 Å². The zero-order valence-corrected chi connectivity index (χ0v) is 10.9. The molecular weight excluding hydrogens is 232 g/mol. The molecule has 0 aliphatic carbocycles. The van der Waals surface area contributed by atoms with Gasteiger partial charge in [-0.3, -0.25) is 9.48 Å². The molecule has 6 heteroatoms. The topological polar surface area (TPSA) is 72.9 Å². The van der Waals surface area contributed by atoms with Gasteiger partial charge < -0.3 is 5.11 Å². The Morgan fingerprint density at radius 2 is 1.89 bits per heavy atom. The summed E-state index contributed by atoms with van der Waals surface area (Å²) < 4.78 is 2.85. The van der Waals surface area contributed by atoms with Gasteiger partial charge >= 0.3 is 0 Å². The Morgan fingerprint density at radius 3 is 2.50 bits per heavy atom. The molecule has 0 aromatic carbocycles. The van der Waals surface area contributed by atoms with E-state index in [1.54, 1.807) is 24.1 Å². The van der Waals surface area contributed by atoms with E-state index in [1.165, 1.54) is 4.68 Å². The number of aryl methyl sites for hydroxylation is 1. The van der Waals surface area contributed by atoms with Crippen LogP contribution in [0.3, 0.4) is 0 Å². The third-order valence-electron chi connectivity index (χ3n) is 3.49. The number of aromatic nitrogens is 4. The van der Waals surface area contributed by atoms with Gasteiger partial charge in [0.1, 0.15) is 5.52 Å². The molecule has 98 valence electrons. The minimum Gasteiger partial charge on any atom is -0.388 e. The first-order valence-electron chi connectivity index (χ1n) is 6.11. The normalized spacial score (nSPS) is 12.2. The Morgan fingerprint density at radius 1 is 1.28 bits per heavy atom. The lowest BCUT2D eigenvalue weighted by molar-refractivity contribution is 0.0130. The average Bonchev–Trinajstić information content (AvgIpc) is 2.77. The molecule has 0 unspecified atom stereocenters. The van der Waals surface area contributed by atoms with Crippen LogP contribution in [0, 0.1) is 0 Å². The molecule has 1 N–H and O–H groups in total. The maximum Gasteiger partial charge on any atom is 0.292 e. The van der Waals surface area contributed by atoms with E-state index in [0.717, 1.165) is 0 Å². The third kappa shape index (κ3) is 2.03. The molecule has 0 radical (unpaired) electrons. The van der Waals surface area contributed by atoms with Gasteiger partial charge in [-0.15, -0.1) is 0 Å². The summed E-state index contributed by atoms with van der Waals surface area (Å²) in [6.07, 6.45) is 4.46. The quantitative estimate of drug-likeness (QED) is 0.866. The second kappa shape index (κ2) is 4.53. The van der Waals surface area contributed by atoms with Gasteiger partial charge in [0.05, 0.1) is 24.5 Å². The van der Waals surface area contributed by atoms with Gasteiger partial charge in [-0.25, -0.2) is 4.68 Å². The van der Waals surface area contributed by atoms with Gasteiger partial charge in [0.2, 0.25) is 0 Å². The molecule has 0 bridgehead atoms. The van der Waals surface area contributed by atoms with Gasteiger partial charge in [0, 0.05) is 12.4 Å². The molecule has 6 nitrogen and oxygen atoms in total. The van der Waals surface area contributed by atoms with E-state index in [0.29, 0.717) is 30.3 Å². The predicted octanol–water partition coefficient (Wildman–Crippen LogP) is 0.681. The van der Waals surface area contributed by atoms with E-state index in [-0.39, 0.29) is 5.56 Å². The van der Waals surface area contributed by atoms with Crippen LogP contribution in [0.1, 0.15) is 26.7 Å². The lowest BCUT2D eigenvalue weighted by Crippen LogP contribution is -2.34. The molecule has 2 aromatic rings. The molecule has 2 aromatic heterocycles. The van der Waals surface area contributed by atoms with Gasteiger partial charge in [-0.05, 0) is 12.8 Å². The fourth-order valence-electron chi connectivity index (χ4n) is 1.95. The standard InChI is InChI=1S/C12H18N4O2/c1-4-12(18,5-2)8-16-10-9(7-14-16)6-13-15(3)11(10)17/h6-7,18H,4-5,8H2,1-3H3. The molecule has 0 spiro atoms. The van der Waals surface area contributed by atoms with E-state index >= 15 is 0 Å². The zero-order valence-electron chi connectivity index (χ0n) is 10.9. The van der Waals surface area contributed by atoms with Crippen LogP contribution in [0.4, 0.5) is 0 Å². The maximum atomic E-state index is 12.0. The van der Waals surface area contributed by atoms with Crippen LogP contribution in [0.2, 0.25) is 0 Å². The number of fused-ring (bicyclic) bond motifs is 1.